The summed E-state index contributed by atoms with van der Waals surface area (Å²) in [4.78, 5) is 0. The van der Waals surface area contributed by atoms with Gasteiger partial charge in [0.2, 0.25) is 0 Å². The molecule has 0 heterocycles. The Balaban J connectivity index is 2.31. The molecule has 0 aliphatic rings. The summed E-state index contributed by atoms with van der Waals surface area (Å²) in [6, 6.07) is 11.5. The van der Waals surface area contributed by atoms with E-state index in [-0.39, 0.29) is 6.04 Å². The van der Waals surface area contributed by atoms with Crippen LogP contribution < -0.4 is 5.32 Å². The molecule has 0 bridgehead atoms. The standard InChI is InChI=1S/C15H13BrCl3N/c1-20-15(12-7-10(16)3-5-13(12)18)6-9-2-4-11(17)8-14(9)19/h2-5,7-8,15,20H,6H2,1H3. The molecule has 2 rings (SSSR count). The van der Waals surface area contributed by atoms with Gasteiger partial charge in [0.25, 0.3) is 0 Å². The average molecular weight is 394 g/mol. The fourth-order valence-corrected chi connectivity index (χ4v) is 3.17. The molecule has 106 valence electrons. The first-order valence-electron chi connectivity index (χ1n) is 6.07. The molecular formula is C15H13BrCl3N. The Labute approximate surface area is 142 Å². The van der Waals surface area contributed by atoms with E-state index in [1.165, 1.54) is 0 Å². The van der Waals surface area contributed by atoms with Gasteiger partial charge in [-0.15, -0.1) is 0 Å². The van der Waals surface area contributed by atoms with Crippen LogP contribution in [0.25, 0.3) is 0 Å². The summed E-state index contributed by atoms with van der Waals surface area (Å²) in [6.07, 6.45) is 0.739. The predicted octanol–water partition coefficient (Wildman–Crippen LogP) is 5.91. The molecule has 1 atom stereocenters. The fourth-order valence-electron chi connectivity index (χ4n) is 2.06. The summed E-state index contributed by atoms with van der Waals surface area (Å²) < 4.78 is 0.999. The summed E-state index contributed by atoms with van der Waals surface area (Å²) in [6.45, 7) is 0. The minimum atomic E-state index is 0.0821. The third-order valence-corrected chi connectivity index (χ3v) is 4.55. The maximum Gasteiger partial charge on any atom is 0.0454 e. The molecule has 0 aromatic heterocycles. The molecule has 0 spiro atoms. The lowest BCUT2D eigenvalue weighted by molar-refractivity contribution is 0.592. The fraction of sp³-hybridized carbons (Fsp3) is 0.200. The van der Waals surface area contributed by atoms with E-state index in [2.05, 4.69) is 21.2 Å². The van der Waals surface area contributed by atoms with Gasteiger partial charge in [0.05, 0.1) is 0 Å². The van der Waals surface area contributed by atoms with Crippen LogP contribution in [-0.2, 0) is 6.42 Å². The highest BCUT2D eigenvalue weighted by atomic mass is 79.9. The molecule has 0 fully saturated rings. The minimum absolute atomic E-state index is 0.0821. The van der Waals surface area contributed by atoms with Crippen molar-refractivity contribution in [2.75, 3.05) is 7.05 Å². The Kier molecular flexibility index (Phi) is 5.76. The zero-order valence-corrected chi connectivity index (χ0v) is 14.6. The minimum Gasteiger partial charge on any atom is -0.313 e. The van der Waals surface area contributed by atoms with Crippen LogP contribution in [0.3, 0.4) is 0 Å². The molecule has 0 amide bonds. The number of benzene rings is 2. The smallest absolute Gasteiger partial charge is 0.0454 e. The number of halogens is 4. The van der Waals surface area contributed by atoms with Crippen molar-refractivity contribution in [1.29, 1.82) is 0 Å². The van der Waals surface area contributed by atoms with E-state index < -0.39 is 0 Å². The van der Waals surface area contributed by atoms with Gasteiger partial charge in [0.15, 0.2) is 0 Å². The van der Waals surface area contributed by atoms with Crippen LogP contribution >= 0.6 is 50.7 Å². The second-order valence-corrected chi connectivity index (χ2v) is 6.61. The molecule has 0 aliphatic carbocycles. The summed E-state index contributed by atoms with van der Waals surface area (Å²) in [5.41, 5.74) is 2.07. The lowest BCUT2D eigenvalue weighted by atomic mass is 9.99. The normalized spacial score (nSPS) is 12.4. The van der Waals surface area contributed by atoms with Crippen LogP contribution in [-0.4, -0.2) is 7.05 Å². The molecule has 0 saturated carbocycles. The molecule has 5 heteroatoms. The Morgan fingerprint density at radius 3 is 2.45 bits per heavy atom. The first-order chi connectivity index (χ1) is 9.51. The van der Waals surface area contributed by atoms with E-state index in [0.717, 1.165) is 27.0 Å². The molecule has 1 unspecified atom stereocenters. The Morgan fingerprint density at radius 2 is 1.80 bits per heavy atom. The number of hydrogen-bond donors (Lipinski definition) is 1. The zero-order valence-electron chi connectivity index (χ0n) is 10.8. The van der Waals surface area contributed by atoms with Crippen LogP contribution in [0.15, 0.2) is 40.9 Å². The Hall–Kier alpha value is -0.250. The van der Waals surface area contributed by atoms with Gasteiger partial charge in [0, 0.05) is 25.6 Å². The largest absolute Gasteiger partial charge is 0.313 e. The number of hydrogen-bond acceptors (Lipinski definition) is 1. The molecule has 2 aromatic rings. The van der Waals surface area contributed by atoms with E-state index in [4.69, 9.17) is 34.8 Å². The second-order valence-electron chi connectivity index (χ2n) is 4.45. The number of likely N-dealkylation sites (N-methyl/N-ethyl adjacent to an activating group) is 1. The van der Waals surface area contributed by atoms with Crippen LogP contribution in [0.2, 0.25) is 15.1 Å². The first-order valence-corrected chi connectivity index (χ1v) is 8.00. The van der Waals surface area contributed by atoms with Gasteiger partial charge in [-0.2, -0.15) is 0 Å². The molecule has 0 aliphatic heterocycles. The van der Waals surface area contributed by atoms with Gasteiger partial charge in [-0.25, -0.2) is 0 Å². The molecule has 2 aromatic carbocycles. The molecular weight excluding hydrogens is 380 g/mol. The van der Waals surface area contributed by atoms with Gasteiger partial charge in [-0.05, 0) is 54.9 Å². The summed E-state index contributed by atoms with van der Waals surface area (Å²) >= 11 is 21.9. The molecule has 1 nitrogen and oxygen atoms in total. The highest BCUT2D eigenvalue weighted by molar-refractivity contribution is 9.10. The molecule has 1 N–H and O–H groups in total. The van der Waals surface area contributed by atoms with Crippen molar-refractivity contribution in [3.8, 4) is 0 Å². The first kappa shape index (κ1) is 16.1. The SMILES string of the molecule is CNC(Cc1ccc(Cl)cc1Cl)c1cc(Br)ccc1Cl. The predicted molar refractivity (Wildman–Crippen MR) is 91.1 cm³/mol. The van der Waals surface area contributed by atoms with Gasteiger partial charge < -0.3 is 5.32 Å². The third-order valence-electron chi connectivity index (χ3n) is 3.12. The summed E-state index contributed by atoms with van der Waals surface area (Å²) in [7, 11) is 1.91. The second kappa shape index (κ2) is 7.15. The third kappa shape index (κ3) is 3.90. The highest BCUT2D eigenvalue weighted by Crippen LogP contribution is 2.31. The molecule has 20 heavy (non-hydrogen) atoms. The Morgan fingerprint density at radius 1 is 1.05 bits per heavy atom. The van der Waals surface area contributed by atoms with Crippen molar-refractivity contribution in [1.82, 2.24) is 5.32 Å². The van der Waals surface area contributed by atoms with Crippen molar-refractivity contribution >= 4 is 50.7 Å². The van der Waals surface area contributed by atoms with E-state index in [9.17, 15) is 0 Å². The van der Waals surface area contributed by atoms with E-state index in [1.54, 1.807) is 6.07 Å². The van der Waals surface area contributed by atoms with Gasteiger partial charge in [0.1, 0.15) is 0 Å². The summed E-state index contributed by atoms with van der Waals surface area (Å²) in [5, 5.41) is 5.32. The van der Waals surface area contributed by atoms with E-state index >= 15 is 0 Å². The maximum absolute atomic E-state index is 6.29. The van der Waals surface area contributed by atoms with Crippen molar-refractivity contribution < 1.29 is 0 Å². The lowest BCUT2D eigenvalue weighted by Gasteiger charge is -2.19. The van der Waals surface area contributed by atoms with Gasteiger partial charge in [-0.3, -0.25) is 0 Å². The van der Waals surface area contributed by atoms with Crippen LogP contribution in [0, 0.1) is 0 Å². The van der Waals surface area contributed by atoms with Crippen molar-refractivity contribution in [3.05, 3.63) is 67.1 Å². The van der Waals surface area contributed by atoms with Gasteiger partial charge >= 0.3 is 0 Å². The van der Waals surface area contributed by atoms with E-state index in [0.29, 0.717) is 10.0 Å². The quantitative estimate of drug-likeness (QED) is 0.681. The summed E-state index contributed by atoms with van der Waals surface area (Å²) in [5.74, 6) is 0. The molecule has 0 saturated heterocycles. The number of nitrogens with one attached hydrogen (secondary N) is 1. The van der Waals surface area contributed by atoms with Crippen LogP contribution in [0.5, 0.6) is 0 Å². The maximum atomic E-state index is 6.29. The van der Waals surface area contributed by atoms with Crippen LogP contribution in [0.1, 0.15) is 17.2 Å². The zero-order chi connectivity index (χ0) is 14.7. The van der Waals surface area contributed by atoms with E-state index in [1.807, 2.05) is 37.4 Å². The monoisotopic (exact) mass is 391 g/mol. The molecule has 0 radical (unpaired) electrons. The lowest BCUT2D eigenvalue weighted by Crippen LogP contribution is -2.19. The van der Waals surface area contributed by atoms with Crippen LogP contribution in [0.4, 0.5) is 0 Å². The van der Waals surface area contributed by atoms with Crippen molar-refractivity contribution in [2.24, 2.45) is 0 Å². The highest BCUT2D eigenvalue weighted by Gasteiger charge is 2.15. The topological polar surface area (TPSA) is 12.0 Å². The average Bonchev–Trinajstić information content (AvgIpc) is 2.41. The number of rotatable bonds is 4. The van der Waals surface area contributed by atoms with Crippen molar-refractivity contribution in [3.63, 3.8) is 0 Å². The van der Waals surface area contributed by atoms with Gasteiger partial charge in [-0.1, -0.05) is 56.8 Å². The van der Waals surface area contributed by atoms with Crippen molar-refractivity contribution in [2.45, 2.75) is 12.5 Å². The Bertz CT molecular complexity index is 616.